The van der Waals surface area contributed by atoms with Gasteiger partial charge in [-0.2, -0.15) is 0 Å². The molecule has 2 amide bonds. The fraction of sp³-hybridized carbons (Fsp3) is 0.545. The van der Waals surface area contributed by atoms with Crippen LogP contribution in [0.15, 0.2) is 30.0 Å². The number of rotatable bonds is 2. The smallest absolute Gasteiger partial charge is 0.286 e. The average molecular weight is 403 g/mol. The summed E-state index contributed by atoms with van der Waals surface area (Å²) in [6, 6.07) is 7.27. The van der Waals surface area contributed by atoms with Crippen LogP contribution in [-0.4, -0.2) is 41.9 Å². The van der Waals surface area contributed by atoms with Crippen molar-refractivity contribution in [2.45, 2.75) is 57.1 Å². The number of carbonyl (C=O) groups is 2. The average Bonchev–Trinajstić information content (AvgIpc) is 2.99. The number of hydrogen-bond donors (Lipinski definition) is 1. The fourth-order valence-corrected chi connectivity index (χ4v) is 4.69. The summed E-state index contributed by atoms with van der Waals surface area (Å²) in [6.07, 6.45) is 8.47. The molecule has 3 unspecified atom stereocenters. The minimum atomic E-state index is -0.232. The molecule has 1 N–H and O–H groups in total. The highest BCUT2D eigenvalue weighted by atomic mass is 35.5. The third kappa shape index (κ3) is 4.19. The Kier molecular flexibility index (Phi) is 5.90. The van der Waals surface area contributed by atoms with Gasteiger partial charge < -0.3 is 15.0 Å². The molecule has 0 radical (unpaired) electrons. The van der Waals surface area contributed by atoms with Crippen molar-refractivity contribution in [2.75, 3.05) is 13.1 Å². The van der Waals surface area contributed by atoms with Gasteiger partial charge in [-0.15, -0.1) is 0 Å². The van der Waals surface area contributed by atoms with Crippen molar-refractivity contribution in [1.29, 1.82) is 0 Å². The number of fused-ring (bicyclic) bond motifs is 1. The van der Waals surface area contributed by atoms with Crippen LogP contribution in [0.25, 0.3) is 6.08 Å². The van der Waals surface area contributed by atoms with Crippen molar-refractivity contribution in [3.05, 3.63) is 40.6 Å². The largest absolute Gasteiger partial charge is 0.483 e. The van der Waals surface area contributed by atoms with Gasteiger partial charge in [-0.25, -0.2) is 0 Å². The molecule has 5 nitrogen and oxygen atoms in total. The predicted molar refractivity (Wildman–Crippen MR) is 109 cm³/mol. The third-order valence-electron chi connectivity index (χ3n) is 6.06. The van der Waals surface area contributed by atoms with Crippen LogP contribution in [-0.2, 0) is 14.3 Å². The molecule has 2 saturated heterocycles. The molecule has 1 aromatic rings. The Balaban J connectivity index is 1.41. The van der Waals surface area contributed by atoms with E-state index in [1.165, 1.54) is 12.8 Å². The molecule has 4 rings (SSSR count). The highest BCUT2D eigenvalue weighted by Gasteiger charge is 2.41. The number of halogens is 1. The van der Waals surface area contributed by atoms with E-state index in [2.05, 4.69) is 5.32 Å². The van der Waals surface area contributed by atoms with Gasteiger partial charge in [0.05, 0.1) is 6.04 Å². The second kappa shape index (κ2) is 8.56. The quantitative estimate of drug-likeness (QED) is 0.766. The van der Waals surface area contributed by atoms with Crippen LogP contribution in [0.5, 0.6) is 0 Å². The number of nitrogens with one attached hydrogen (secondary N) is 1. The van der Waals surface area contributed by atoms with E-state index in [1.54, 1.807) is 12.1 Å². The van der Waals surface area contributed by atoms with Crippen LogP contribution in [0.4, 0.5) is 0 Å². The molecule has 2 heterocycles. The van der Waals surface area contributed by atoms with Crippen LogP contribution in [0.1, 0.15) is 50.5 Å². The molecule has 0 bridgehead atoms. The molecular weight excluding hydrogens is 376 g/mol. The molecular formula is C22H27ClN2O3. The first-order chi connectivity index (χ1) is 13.6. The molecule has 3 aliphatic rings. The van der Waals surface area contributed by atoms with Crippen molar-refractivity contribution in [3.63, 3.8) is 0 Å². The first kappa shape index (κ1) is 19.3. The van der Waals surface area contributed by atoms with E-state index < -0.39 is 0 Å². The van der Waals surface area contributed by atoms with Gasteiger partial charge in [-0.3, -0.25) is 9.59 Å². The Labute approximate surface area is 171 Å². The summed E-state index contributed by atoms with van der Waals surface area (Å²) >= 11 is 6.19. The lowest BCUT2D eigenvalue weighted by Gasteiger charge is -2.40. The first-order valence-corrected chi connectivity index (χ1v) is 10.7. The second-order valence-electron chi connectivity index (χ2n) is 8.02. The number of ether oxygens (including phenoxy) is 1. The van der Waals surface area contributed by atoms with Crippen molar-refractivity contribution in [1.82, 2.24) is 10.2 Å². The standard InChI is InChI=1S/C22H27ClN2O3/c23-17-8-4-3-7-15(17)14-20-21(26)24-18-13-16(9-10-19(18)28-20)22(27)25-11-5-1-2-6-12-25/h3-4,7-8,14,16,18-19H,1-2,5-6,9-13H2,(H,24,26)/b20-14+. The van der Waals surface area contributed by atoms with E-state index in [0.717, 1.165) is 44.3 Å². The Hall–Kier alpha value is -2.01. The van der Waals surface area contributed by atoms with Gasteiger partial charge in [0.1, 0.15) is 6.10 Å². The monoisotopic (exact) mass is 402 g/mol. The topological polar surface area (TPSA) is 58.6 Å². The Bertz CT molecular complexity index is 771. The number of hydrogen-bond acceptors (Lipinski definition) is 3. The van der Waals surface area contributed by atoms with Gasteiger partial charge in [0.25, 0.3) is 5.91 Å². The maximum absolute atomic E-state index is 13.0. The molecule has 1 aromatic carbocycles. The van der Waals surface area contributed by atoms with E-state index in [0.29, 0.717) is 17.2 Å². The van der Waals surface area contributed by atoms with Crippen LogP contribution < -0.4 is 5.32 Å². The van der Waals surface area contributed by atoms with Gasteiger partial charge >= 0.3 is 0 Å². The minimum Gasteiger partial charge on any atom is -0.483 e. The van der Waals surface area contributed by atoms with E-state index >= 15 is 0 Å². The summed E-state index contributed by atoms with van der Waals surface area (Å²) in [5.74, 6) is 0.306. The second-order valence-corrected chi connectivity index (χ2v) is 8.42. The van der Waals surface area contributed by atoms with Gasteiger partial charge in [0, 0.05) is 24.0 Å². The van der Waals surface area contributed by atoms with Crippen molar-refractivity contribution >= 4 is 29.5 Å². The minimum absolute atomic E-state index is 0.0163. The molecule has 28 heavy (non-hydrogen) atoms. The lowest BCUT2D eigenvalue weighted by atomic mass is 9.82. The summed E-state index contributed by atoms with van der Waals surface area (Å²) in [7, 11) is 0. The molecule has 0 aromatic heterocycles. The number of carbonyl (C=O) groups excluding carboxylic acids is 2. The molecule has 0 spiro atoms. The molecule has 1 saturated carbocycles. The SMILES string of the molecule is O=C1NC2CC(C(=O)N3CCCCCC3)CCC2O/C1=C/c1ccccc1Cl. The maximum atomic E-state index is 13.0. The van der Waals surface area contributed by atoms with E-state index in [-0.39, 0.29) is 29.9 Å². The van der Waals surface area contributed by atoms with Crippen LogP contribution >= 0.6 is 11.6 Å². The number of amides is 2. The normalized spacial score (nSPS) is 29.5. The highest BCUT2D eigenvalue weighted by molar-refractivity contribution is 6.32. The highest BCUT2D eigenvalue weighted by Crippen LogP contribution is 2.33. The van der Waals surface area contributed by atoms with E-state index in [4.69, 9.17) is 16.3 Å². The maximum Gasteiger partial charge on any atom is 0.286 e. The number of nitrogens with zero attached hydrogens (tertiary/aromatic N) is 1. The molecule has 3 fully saturated rings. The summed E-state index contributed by atoms with van der Waals surface area (Å²) in [5.41, 5.74) is 0.762. The molecule has 2 aliphatic heterocycles. The number of morpholine rings is 1. The van der Waals surface area contributed by atoms with Crippen molar-refractivity contribution in [2.24, 2.45) is 5.92 Å². The van der Waals surface area contributed by atoms with E-state index in [1.807, 2.05) is 23.1 Å². The van der Waals surface area contributed by atoms with Gasteiger partial charge in [-0.05, 0) is 49.8 Å². The molecule has 6 heteroatoms. The van der Waals surface area contributed by atoms with Crippen molar-refractivity contribution < 1.29 is 14.3 Å². The predicted octanol–water partition coefficient (Wildman–Crippen LogP) is 3.77. The zero-order valence-electron chi connectivity index (χ0n) is 16.0. The summed E-state index contributed by atoms with van der Waals surface area (Å²) in [6.45, 7) is 1.74. The summed E-state index contributed by atoms with van der Waals surface area (Å²) < 4.78 is 6.02. The Morgan fingerprint density at radius 3 is 2.64 bits per heavy atom. The number of likely N-dealkylation sites (tertiary alicyclic amines) is 1. The Morgan fingerprint density at radius 1 is 1.14 bits per heavy atom. The summed E-state index contributed by atoms with van der Waals surface area (Å²) in [4.78, 5) is 27.5. The van der Waals surface area contributed by atoms with Crippen LogP contribution in [0, 0.1) is 5.92 Å². The van der Waals surface area contributed by atoms with Crippen LogP contribution in [0.3, 0.4) is 0 Å². The molecule has 1 aliphatic carbocycles. The van der Waals surface area contributed by atoms with E-state index in [9.17, 15) is 9.59 Å². The zero-order valence-corrected chi connectivity index (χ0v) is 16.8. The zero-order chi connectivity index (χ0) is 19.5. The van der Waals surface area contributed by atoms with Gasteiger partial charge in [-0.1, -0.05) is 42.6 Å². The fourth-order valence-electron chi connectivity index (χ4n) is 4.50. The van der Waals surface area contributed by atoms with Gasteiger partial charge in [0.2, 0.25) is 5.91 Å². The Morgan fingerprint density at radius 2 is 1.89 bits per heavy atom. The van der Waals surface area contributed by atoms with Gasteiger partial charge in [0.15, 0.2) is 5.76 Å². The molecule has 3 atom stereocenters. The van der Waals surface area contributed by atoms with Crippen molar-refractivity contribution in [3.8, 4) is 0 Å². The lowest BCUT2D eigenvalue weighted by Crippen LogP contribution is -2.55. The summed E-state index contributed by atoms with van der Waals surface area (Å²) in [5, 5.41) is 3.65. The molecule has 150 valence electrons. The first-order valence-electron chi connectivity index (χ1n) is 10.3. The van der Waals surface area contributed by atoms with Crippen LogP contribution in [0.2, 0.25) is 5.02 Å². The third-order valence-corrected chi connectivity index (χ3v) is 6.41. The number of benzene rings is 1. The lowest BCUT2D eigenvalue weighted by molar-refractivity contribution is -0.141.